The van der Waals surface area contributed by atoms with E-state index in [1.54, 1.807) is 0 Å². The van der Waals surface area contributed by atoms with Gasteiger partial charge in [0.1, 0.15) is 0 Å². The summed E-state index contributed by atoms with van der Waals surface area (Å²) in [5.74, 6) is 0. The summed E-state index contributed by atoms with van der Waals surface area (Å²) in [6.45, 7) is 1.17. The lowest BCUT2D eigenvalue weighted by atomic mass is 10.0. The Morgan fingerprint density at radius 2 is 1.50 bits per heavy atom. The van der Waals surface area contributed by atoms with Crippen LogP contribution >= 0.6 is 0 Å². The molecule has 2 nitrogen and oxygen atoms in total. The number of halogens is 6. The summed E-state index contributed by atoms with van der Waals surface area (Å²) in [7, 11) is -4.25. The monoisotopic (exact) mass is 396 g/mol. The first-order chi connectivity index (χ1) is 11.8. The van der Waals surface area contributed by atoms with E-state index in [0.29, 0.717) is 6.07 Å². The van der Waals surface area contributed by atoms with Crippen LogP contribution in [0.2, 0.25) is 0 Å². The van der Waals surface area contributed by atoms with Crippen molar-refractivity contribution in [2.24, 2.45) is 0 Å². The van der Waals surface area contributed by atoms with E-state index in [0.717, 1.165) is 30.3 Å². The zero-order valence-corrected chi connectivity index (χ0v) is 14.2. The van der Waals surface area contributed by atoms with Crippen molar-refractivity contribution >= 4 is 9.84 Å². The van der Waals surface area contributed by atoms with Crippen molar-refractivity contribution < 1.29 is 34.8 Å². The van der Waals surface area contributed by atoms with Gasteiger partial charge in [0.2, 0.25) is 0 Å². The van der Waals surface area contributed by atoms with Gasteiger partial charge in [-0.25, -0.2) is 8.42 Å². The maximum Gasteiger partial charge on any atom is 0.416 e. The van der Waals surface area contributed by atoms with Crippen molar-refractivity contribution in [3.63, 3.8) is 0 Å². The van der Waals surface area contributed by atoms with Crippen LogP contribution in [0.15, 0.2) is 53.4 Å². The maximum atomic E-state index is 13.0. The van der Waals surface area contributed by atoms with Gasteiger partial charge in [-0.15, -0.1) is 0 Å². The Hall–Kier alpha value is -2.03. The summed E-state index contributed by atoms with van der Waals surface area (Å²) in [5.41, 5.74) is -2.34. The highest BCUT2D eigenvalue weighted by atomic mass is 32.2. The van der Waals surface area contributed by atoms with Gasteiger partial charge in [0.15, 0.2) is 9.84 Å². The molecule has 0 aromatic heterocycles. The molecular formula is C17H14F6O2S. The molecule has 0 bridgehead atoms. The van der Waals surface area contributed by atoms with E-state index >= 15 is 0 Å². The largest absolute Gasteiger partial charge is 0.416 e. The summed E-state index contributed by atoms with van der Waals surface area (Å²) in [5, 5.41) is -1.34. The van der Waals surface area contributed by atoms with Crippen LogP contribution in [0.3, 0.4) is 0 Å². The minimum absolute atomic E-state index is 0.233. The Kier molecular flexibility index (Phi) is 5.41. The molecule has 1 atom stereocenters. The van der Waals surface area contributed by atoms with E-state index in [2.05, 4.69) is 0 Å². The summed E-state index contributed by atoms with van der Waals surface area (Å²) in [6.07, 6.45) is -9.86. The summed E-state index contributed by atoms with van der Waals surface area (Å²) in [6, 6.07) is 7.67. The zero-order valence-electron chi connectivity index (χ0n) is 13.4. The Bertz CT molecular complexity index is 885. The predicted molar refractivity (Wildman–Crippen MR) is 83.2 cm³/mol. The molecule has 0 N–H and O–H groups in total. The molecule has 0 aliphatic rings. The molecule has 0 saturated carbocycles. The maximum absolute atomic E-state index is 13.0. The molecule has 0 spiro atoms. The van der Waals surface area contributed by atoms with E-state index in [-0.39, 0.29) is 5.56 Å². The molecule has 142 valence electrons. The fraction of sp³-hybridized carbons (Fsp3) is 0.294. The standard InChI is InChI=1S/C17H14F6O2S/c1-11(9-12-5-2-3-8-15(12)17(21,22)23)26(24,25)14-7-4-6-13(10-14)16(18,19)20/h2-8,10-11H,9H2,1H3. The minimum Gasteiger partial charge on any atom is -0.223 e. The van der Waals surface area contributed by atoms with E-state index in [9.17, 15) is 34.8 Å². The van der Waals surface area contributed by atoms with Gasteiger partial charge in [0.05, 0.1) is 21.3 Å². The van der Waals surface area contributed by atoms with Gasteiger partial charge in [0, 0.05) is 0 Å². The van der Waals surface area contributed by atoms with Crippen molar-refractivity contribution in [3.8, 4) is 0 Å². The fourth-order valence-corrected chi connectivity index (χ4v) is 3.90. The van der Waals surface area contributed by atoms with E-state index < -0.39 is 49.9 Å². The van der Waals surface area contributed by atoms with Crippen LogP contribution in [0.5, 0.6) is 0 Å². The smallest absolute Gasteiger partial charge is 0.223 e. The van der Waals surface area contributed by atoms with Gasteiger partial charge in [-0.05, 0) is 43.2 Å². The Labute approximate surface area is 146 Å². The molecule has 26 heavy (non-hydrogen) atoms. The lowest BCUT2D eigenvalue weighted by molar-refractivity contribution is -0.138. The van der Waals surface area contributed by atoms with Crippen LogP contribution in [0.1, 0.15) is 23.6 Å². The SMILES string of the molecule is CC(Cc1ccccc1C(F)(F)F)S(=O)(=O)c1cccc(C(F)(F)F)c1. The van der Waals surface area contributed by atoms with Gasteiger partial charge < -0.3 is 0 Å². The normalized spacial score (nSPS) is 14.3. The predicted octanol–water partition coefficient (Wildman–Crippen LogP) is 5.13. The molecular weight excluding hydrogens is 382 g/mol. The van der Waals surface area contributed by atoms with Crippen molar-refractivity contribution in [3.05, 3.63) is 65.2 Å². The van der Waals surface area contributed by atoms with Crippen LogP contribution < -0.4 is 0 Å². The second-order valence-electron chi connectivity index (χ2n) is 5.74. The first-order valence-electron chi connectivity index (χ1n) is 7.39. The van der Waals surface area contributed by atoms with Crippen molar-refractivity contribution in [2.45, 2.75) is 35.8 Å². The second-order valence-corrected chi connectivity index (χ2v) is 8.11. The molecule has 0 saturated heterocycles. The Morgan fingerprint density at radius 1 is 0.885 bits per heavy atom. The number of benzene rings is 2. The minimum atomic E-state index is -4.72. The molecule has 1 unspecified atom stereocenters. The third-order valence-corrected chi connectivity index (χ3v) is 5.99. The van der Waals surface area contributed by atoms with Crippen LogP contribution in [0.25, 0.3) is 0 Å². The molecule has 9 heteroatoms. The molecule has 2 aromatic carbocycles. The number of alkyl halides is 6. The number of rotatable bonds is 4. The number of hydrogen-bond donors (Lipinski definition) is 0. The molecule has 0 aliphatic carbocycles. The first-order valence-corrected chi connectivity index (χ1v) is 8.94. The molecule has 0 fully saturated rings. The van der Waals surface area contributed by atoms with Gasteiger partial charge in [0.25, 0.3) is 0 Å². The highest BCUT2D eigenvalue weighted by molar-refractivity contribution is 7.92. The van der Waals surface area contributed by atoms with Crippen molar-refractivity contribution in [1.82, 2.24) is 0 Å². The topological polar surface area (TPSA) is 34.1 Å². The number of hydrogen-bond acceptors (Lipinski definition) is 2. The average molecular weight is 396 g/mol. The lowest BCUT2D eigenvalue weighted by Crippen LogP contribution is -2.23. The quantitative estimate of drug-likeness (QED) is 0.672. The highest BCUT2D eigenvalue weighted by Gasteiger charge is 2.35. The molecule has 2 rings (SSSR count). The summed E-state index contributed by atoms with van der Waals surface area (Å²) < 4.78 is 102. The van der Waals surface area contributed by atoms with Crippen LogP contribution in [0, 0.1) is 0 Å². The molecule has 0 amide bonds. The molecule has 0 aliphatic heterocycles. The molecule has 2 aromatic rings. The lowest BCUT2D eigenvalue weighted by Gasteiger charge is -2.18. The van der Waals surface area contributed by atoms with E-state index in [1.165, 1.54) is 19.1 Å². The zero-order chi connectivity index (χ0) is 19.8. The van der Waals surface area contributed by atoms with Gasteiger partial charge in [-0.2, -0.15) is 26.3 Å². The van der Waals surface area contributed by atoms with Crippen molar-refractivity contribution in [1.29, 1.82) is 0 Å². The van der Waals surface area contributed by atoms with Crippen LogP contribution in [-0.2, 0) is 28.6 Å². The van der Waals surface area contributed by atoms with Crippen LogP contribution in [0.4, 0.5) is 26.3 Å². The Morgan fingerprint density at radius 3 is 2.08 bits per heavy atom. The van der Waals surface area contributed by atoms with E-state index in [1.807, 2.05) is 0 Å². The van der Waals surface area contributed by atoms with Gasteiger partial charge >= 0.3 is 12.4 Å². The number of sulfone groups is 1. The van der Waals surface area contributed by atoms with Crippen molar-refractivity contribution in [2.75, 3.05) is 0 Å². The molecule has 0 radical (unpaired) electrons. The van der Waals surface area contributed by atoms with Gasteiger partial charge in [-0.3, -0.25) is 0 Å². The van der Waals surface area contributed by atoms with E-state index in [4.69, 9.17) is 0 Å². The van der Waals surface area contributed by atoms with Crippen LogP contribution in [-0.4, -0.2) is 13.7 Å². The molecule has 0 heterocycles. The average Bonchev–Trinajstić information content (AvgIpc) is 2.53. The summed E-state index contributed by atoms with van der Waals surface area (Å²) >= 11 is 0. The highest BCUT2D eigenvalue weighted by Crippen LogP contribution is 2.34. The first kappa shape index (κ1) is 20.3. The van der Waals surface area contributed by atoms with Gasteiger partial charge in [-0.1, -0.05) is 24.3 Å². The third-order valence-electron chi connectivity index (χ3n) is 3.85. The summed E-state index contributed by atoms with van der Waals surface area (Å²) in [4.78, 5) is -0.579. The third kappa shape index (κ3) is 4.38. The fourth-order valence-electron chi connectivity index (χ4n) is 2.48. The Balaban J connectivity index is 2.37. The second kappa shape index (κ2) is 6.94.